The number of hydrogen-bond donors (Lipinski definition) is 1. The van der Waals surface area contributed by atoms with Gasteiger partial charge in [0.25, 0.3) is 0 Å². The summed E-state index contributed by atoms with van der Waals surface area (Å²) >= 11 is 0. The number of H-pyrrole nitrogens is 1. The van der Waals surface area contributed by atoms with Gasteiger partial charge in [-0.05, 0) is 30.2 Å². The zero-order valence-electron chi connectivity index (χ0n) is 14.3. The Morgan fingerprint density at radius 1 is 0.920 bits per heavy atom. The standard InChI is InChI=1S/C21H23N3O/c25-21(15-17-16-22-20-10-5-4-9-19(17)20)24-12-6-11-23(13-14-24)18-7-2-1-3-8-18/h1-5,7-10,16,22H,6,11-15H2. The molecule has 0 spiro atoms. The third-order valence-electron chi connectivity index (χ3n) is 4.99. The average Bonchev–Trinajstić information content (AvgIpc) is 2.90. The molecule has 1 N–H and O–H groups in total. The first-order valence-electron chi connectivity index (χ1n) is 8.94. The highest BCUT2D eigenvalue weighted by Crippen LogP contribution is 2.20. The van der Waals surface area contributed by atoms with Gasteiger partial charge in [-0.2, -0.15) is 0 Å². The average molecular weight is 333 g/mol. The van der Waals surface area contributed by atoms with E-state index in [1.165, 1.54) is 5.69 Å². The van der Waals surface area contributed by atoms with Crippen LogP contribution >= 0.6 is 0 Å². The Kier molecular flexibility index (Phi) is 4.42. The highest BCUT2D eigenvalue weighted by molar-refractivity contribution is 5.88. The highest BCUT2D eigenvalue weighted by Gasteiger charge is 2.20. The third kappa shape index (κ3) is 3.38. The van der Waals surface area contributed by atoms with Gasteiger partial charge in [0.2, 0.25) is 5.91 Å². The summed E-state index contributed by atoms with van der Waals surface area (Å²) < 4.78 is 0. The molecule has 0 aliphatic carbocycles. The number of hydrogen-bond acceptors (Lipinski definition) is 2. The summed E-state index contributed by atoms with van der Waals surface area (Å²) in [6.45, 7) is 3.52. The minimum atomic E-state index is 0.222. The van der Waals surface area contributed by atoms with Gasteiger partial charge < -0.3 is 14.8 Å². The molecule has 1 aromatic heterocycles. The zero-order valence-corrected chi connectivity index (χ0v) is 14.3. The molecule has 2 aromatic carbocycles. The van der Waals surface area contributed by atoms with Crippen LogP contribution in [0, 0.1) is 0 Å². The van der Waals surface area contributed by atoms with Gasteiger partial charge in [-0.1, -0.05) is 36.4 Å². The van der Waals surface area contributed by atoms with Crippen LogP contribution in [0.4, 0.5) is 5.69 Å². The van der Waals surface area contributed by atoms with Crippen molar-refractivity contribution >= 4 is 22.5 Å². The zero-order chi connectivity index (χ0) is 17.1. The van der Waals surface area contributed by atoms with E-state index in [1.807, 2.05) is 35.4 Å². The molecule has 2 heterocycles. The summed E-state index contributed by atoms with van der Waals surface area (Å²) in [5.74, 6) is 0.222. The van der Waals surface area contributed by atoms with E-state index in [4.69, 9.17) is 0 Å². The Balaban J connectivity index is 1.43. The molecule has 1 aliphatic heterocycles. The third-order valence-corrected chi connectivity index (χ3v) is 4.99. The van der Waals surface area contributed by atoms with E-state index < -0.39 is 0 Å². The van der Waals surface area contributed by atoms with Crippen LogP contribution in [0.1, 0.15) is 12.0 Å². The number of para-hydroxylation sites is 2. The van der Waals surface area contributed by atoms with Gasteiger partial charge in [0.15, 0.2) is 0 Å². The van der Waals surface area contributed by atoms with Crippen molar-refractivity contribution in [2.45, 2.75) is 12.8 Å². The molecule has 128 valence electrons. The van der Waals surface area contributed by atoms with Gasteiger partial charge in [0.1, 0.15) is 0 Å². The van der Waals surface area contributed by atoms with Crippen molar-refractivity contribution in [3.05, 3.63) is 66.4 Å². The molecule has 4 rings (SSSR count). The number of nitrogens with one attached hydrogen (secondary N) is 1. The largest absolute Gasteiger partial charge is 0.370 e. The number of fused-ring (bicyclic) bond motifs is 1. The first kappa shape index (κ1) is 15.8. The number of carbonyl (C=O) groups is 1. The lowest BCUT2D eigenvalue weighted by atomic mass is 10.1. The van der Waals surface area contributed by atoms with E-state index >= 15 is 0 Å². The van der Waals surface area contributed by atoms with E-state index in [-0.39, 0.29) is 5.91 Å². The topological polar surface area (TPSA) is 39.3 Å². The smallest absolute Gasteiger partial charge is 0.227 e. The molecule has 0 saturated carbocycles. The Morgan fingerprint density at radius 3 is 2.60 bits per heavy atom. The molecule has 1 aliphatic rings. The van der Waals surface area contributed by atoms with Crippen LogP contribution in [0.2, 0.25) is 0 Å². The molecular formula is C21H23N3O. The molecule has 1 saturated heterocycles. The molecule has 0 atom stereocenters. The Hall–Kier alpha value is -2.75. The number of rotatable bonds is 3. The fourth-order valence-electron chi connectivity index (χ4n) is 3.62. The van der Waals surface area contributed by atoms with Crippen molar-refractivity contribution in [1.29, 1.82) is 0 Å². The normalized spacial score (nSPS) is 15.4. The first-order chi connectivity index (χ1) is 12.3. The van der Waals surface area contributed by atoms with Crippen LogP contribution in [-0.4, -0.2) is 42.0 Å². The minimum absolute atomic E-state index is 0.222. The van der Waals surface area contributed by atoms with Gasteiger partial charge in [-0.25, -0.2) is 0 Å². The highest BCUT2D eigenvalue weighted by atomic mass is 16.2. The van der Waals surface area contributed by atoms with Gasteiger partial charge in [0.05, 0.1) is 6.42 Å². The van der Waals surface area contributed by atoms with Crippen LogP contribution < -0.4 is 4.90 Å². The van der Waals surface area contributed by atoms with Crippen LogP contribution in [0.25, 0.3) is 10.9 Å². The maximum absolute atomic E-state index is 12.8. The number of anilines is 1. The number of aromatic amines is 1. The molecule has 0 bridgehead atoms. The fourth-order valence-corrected chi connectivity index (χ4v) is 3.62. The minimum Gasteiger partial charge on any atom is -0.370 e. The molecule has 0 radical (unpaired) electrons. The first-order valence-corrected chi connectivity index (χ1v) is 8.94. The van der Waals surface area contributed by atoms with Gasteiger partial charge >= 0.3 is 0 Å². The van der Waals surface area contributed by atoms with Gasteiger partial charge in [-0.3, -0.25) is 4.79 Å². The molecule has 4 heteroatoms. The molecule has 0 unspecified atom stereocenters. The second-order valence-electron chi connectivity index (χ2n) is 6.59. The molecule has 1 amide bonds. The second kappa shape index (κ2) is 7.01. The van der Waals surface area contributed by atoms with Crippen molar-refractivity contribution in [2.75, 3.05) is 31.1 Å². The SMILES string of the molecule is O=C(Cc1c[nH]c2ccccc12)N1CCCN(c2ccccc2)CC1. The lowest BCUT2D eigenvalue weighted by Gasteiger charge is -2.23. The lowest BCUT2D eigenvalue weighted by Crippen LogP contribution is -2.36. The molecule has 4 nitrogen and oxygen atoms in total. The van der Waals surface area contributed by atoms with Crippen LogP contribution in [0.5, 0.6) is 0 Å². The quantitative estimate of drug-likeness (QED) is 0.797. The van der Waals surface area contributed by atoms with E-state index in [2.05, 4.69) is 40.2 Å². The Bertz CT molecular complexity index is 856. The number of amides is 1. The fraction of sp³-hybridized carbons (Fsp3) is 0.286. The van der Waals surface area contributed by atoms with E-state index in [0.29, 0.717) is 6.42 Å². The predicted octanol–water partition coefficient (Wildman–Crippen LogP) is 3.45. The second-order valence-corrected chi connectivity index (χ2v) is 6.59. The van der Waals surface area contributed by atoms with Crippen LogP contribution in [0.3, 0.4) is 0 Å². The van der Waals surface area contributed by atoms with Crippen molar-refractivity contribution in [1.82, 2.24) is 9.88 Å². The monoisotopic (exact) mass is 333 g/mol. The number of nitrogens with zero attached hydrogens (tertiary/aromatic N) is 2. The molecule has 25 heavy (non-hydrogen) atoms. The molecule has 1 fully saturated rings. The Morgan fingerprint density at radius 2 is 1.72 bits per heavy atom. The molecular weight excluding hydrogens is 310 g/mol. The van der Waals surface area contributed by atoms with Crippen molar-refractivity contribution in [3.63, 3.8) is 0 Å². The molecule has 3 aromatic rings. The van der Waals surface area contributed by atoms with Crippen LogP contribution in [0.15, 0.2) is 60.8 Å². The van der Waals surface area contributed by atoms with Crippen molar-refractivity contribution in [2.24, 2.45) is 0 Å². The maximum Gasteiger partial charge on any atom is 0.227 e. The van der Waals surface area contributed by atoms with Gasteiger partial charge in [0, 0.05) is 49.0 Å². The van der Waals surface area contributed by atoms with Crippen molar-refractivity contribution in [3.8, 4) is 0 Å². The maximum atomic E-state index is 12.8. The number of aromatic nitrogens is 1. The summed E-state index contributed by atoms with van der Waals surface area (Å²) in [5, 5.41) is 1.15. The lowest BCUT2D eigenvalue weighted by molar-refractivity contribution is -0.130. The summed E-state index contributed by atoms with van der Waals surface area (Å²) in [6.07, 6.45) is 3.44. The summed E-state index contributed by atoms with van der Waals surface area (Å²) in [4.78, 5) is 20.4. The van der Waals surface area contributed by atoms with Gasteiger partial charge in [-0.15, -0.1) is 0 Å². The summed E-state index contributed by atoms with van der Waals surface area (Å²) in [5.41, 5.74) is 3.43. The van der Waals surface area contributed by atoms with Crippen molar-refractivity contribution < 1.29 is 4.79 Å². The number of benzene rings is 2. The number of carbonyl (C=O) groups excluding carboxylic acids is 1. The van der Waals surface area contributed by atoms with Crippen LogP contribution in [-0.2, 0) is 11.2 Å². The van der Waals surface area contributed by atoms with E-state index in [9.17, 15) is 4.79 Å². The predicted molar refractivity (Wildman–Crippen MR) is 102 cm³/mol. The summed E-state index contributed by atoms with van der Waals surface area (Å²) in [7, 11) is 0. The van der Waals surface area contributed by atoms with E-state index in [1.54, 1.807) is 0 Å². The summed E-state index contributed by atoms with van der Waals surface area (Å²) in [6, 6.07) is 18.6. The van der Waals surface area contributed by atoms with E-state index in [0.717, 1.165) is 49.1 Å². The Labute approximate surface area is 148 Å².